The fourth-order valence-corrected chi connectivity index (χ4v) is 3.02. The van der Waals surface area contributed by atoms with E-state index < -0.39 is 0 Å². The fraction of sp³-hybridized carbons (Fsp3) is 0.611. The van der Waals surface area contributed by atoms with Crippen molar-refractivity contribution >= 4 is 23.3 Å². The lowest BCUT2D eigenvalue weighted by molar-refractivity contribution is -0.125. The van der Waals surface area contributed by atoms with Gasteiger partial charge in [0.25, 0.3) is 0 Å². The third-order valence-electron chi connectivity index (χ3n) is 4.48. The number of amides is 2. The highest BCUT2D eigenvalue weighted by atomic mass is 16.2. The molecule has 1 aromatic rings. The summed E-state index contributed by atoms with van der Waals surface area (Å²) in [6, 6.07) is 1.84. The third kappa shape index (κ3) is 4.09. The Morgan fingerprint density at radius 1 is 1.35 bits per heavy atom. The Morgan fingerprint density at radius 2 is 2.13 bits per heavy atom. The Balaban J connectivity index is 2.15. The van der Waals surface area contributed by atoms with Crippen molar-refractivity contribution in [1.29, 1.82) is 0 Å². The minimum absolute atomic E-state index is 0.0261. The van der Waals surface area contributed by atoms with E-state index in [2.05, 4.69) is 17.2 Å². The first-order valence-electron chi connectivity index (χ1n) is 8.65. The first-order chi connectivity index (χ1) is 11.1. The van der Waals surface area contributed by atoms with Crippen LogP contribution in [0.2, 0.25) is 0 Å². The van der Waals surface area contributed by atoms with Crippen LogP contribution >= 0.6 is 0 Å². The zero-order valence-corrected chi connectivity index (χ0v) is 14.4. The van der Waals surface area contributed by atoms with Gasteiger partial charge >= 0.3 is 0 Å². The van der Waals surface area contributed by atoms with Gasteiger partial charge in [-0.1, -0.05) is 39.5 Å². The summed E-state index contributed by atoms with van der Waals surface area (Å²) in [4.78, 5) is 30.8. The lowest BCUT2D eigenvalue weighted by Gasteiger charge is -2.31. The number of hydrogen-bond acceptors (Lipinski definition) is 3. The van der Waals surface area contributed by atoms with Crippen molar-refractivity contribution in [3.63, 3.8) is 0 Å². The molecule has 0 fully saturated rings. The fourth-order valence-electron chi connectivity index (χ4n) is 3.02. The molecule has 1 atom stereocenters. The van der Waals surface area contributed by atoms with Crippen LogP contribution in [-0.4, -0.2) is 23.3 Å². The molecular weight excluding hydrogens is 290 g/mol. The summed E-state index contributed by atoms with van der Waals surface area (Å²) in [5.74, 6) is 0.426. The summed E-state index contributed by atoms with van der Waals surface area (Å²) in [7, 11) is 0. The highest BCUT2D eigenvalue weighted by Gasteiger charge is 2.32. The quantitative estimate of drug-likeness (QED) is 0.780. The largest absolute Gasteiger partial charge is 0.321 e. The first kappa shape index (κ1) is 17.4. The zero-order valence-electron chi connectivity index (χ0n) is 14.4. The molecule has 1 N–H and O–H groups in total. The van der Waals surface area contributed by atoms with Crippen LogP contribution < -0.4 is 10.2 Å². The van der Waals surface area contributed by atoms with Crippen LogP contribution in [0.25, 0.3) is 0 Å². The van der Waals surface area contributed by atoms with Crippen molar-refractivity contribution in [2.24, 2.45) is 5.92 Å². The standard InChI is InChI=1S/C18H27N3O2/c1-4-6-7-8-9-14(5-2)18(23)21-12-15(22)20-16-13(3)10-11-19-17(16)21/h10-11,14H,4-9,12H2,1-3H3,(H,20,22). The number of hydrogen-bond donors (Lipinski definition) is 1. The van der Waals surface area contributed by atoms with Crippen LogP contribution in [0.1, 0.15) is 57.9 Å². The number of carbonyl (C=O) groups is 2. The van der Waals surface area contributed by atoms with E-state index in [9.17, 15) is 9.59 Å². The second-order valence-electron chi connectivity index (χ2n) is 6.25. The van der Waals surface area contributed by atoms with Crippen molar-refractivity contribution in [2.75, 3.05) is 16.8 Å². The van der Waals surface area contributed by atoms with Crippen molar-refractivity contribution in [3.05, 3.63) is 17.8 Å². The molecule has 1 aliphatic heterocycles. The van der Waals surface area contributed by atoms with E-state index in [1.54, 1.807) is 11.1 Å². The molecule has 0 radical (unpaired) electrons. The highest BCUT2D eigenvalue weighted by molar-refractivity contribution is 6.10. The predicted octanol–water partition coefficient (Wildman–Crippen LogP) is 3.67. The van der Waals surface area contributed by atoms with Gasteiger partial charge < -0.3 is 5.32 Å². The molecule has 0 spiro atoms. The lowest BCUT2D eigenvalue weighted by Crippen LogP contribution is -2.45. The van der Waals surface area contributed by atoms with Gasteiger partial charge in [0.15, 0.2) is 5.82 Å². The second-order valence-corrected chi connectivity index (χ2v) is 6.25. The predicted molar refractivity (Wildman–Crippen MR) is 92.5 cm³/mol. The van der Waals surface area contributed by atoms with E-state index in [0.717, 1.165) is 31.2 Å². The third-order valence-corrected chi connectivity index (χ3v) is 4.48. The molecule has 5 heteroatoms. The molecule has 0 aliphatic carbocycles. The Bertz CT molecular complexity index is 571. The molecule has 1 unspecified atom stereocenters. The van der Waals surface area contributed by atoms with Crippen molar-refractivity contribution in [2.45, 2.75) is 59.3 Å². The Morgan fingerprint density at radius 3 is 2.83 bits per heavy atom. The smallest absolute Gasteiger partial charge is 0.244 e. The zero-order chi connectivity index (χ0) is 16.8. The second kappa shape index (κ2) is 8.09. The molecule has 126 valence electrons. The van der Waals surface area contributed by atoms with Crippen molar-refractivity contribution < 1.29 is 9.59 Å². The maximum atomic E-state index is 12.9. The molecule has 2 amide bonds. The number of pyridine rings is 1. The Hall–Kier alpha value is -1.91. The number of carbonyl (C=O) groups excluding carboxylic acids is 2. The Kier molecular flexibility index (Phi) is 6.13. The van der Waals surface area contributed by atoms with E-state index in [1.165, 1.54) is 12.8 Å². The van der Waals surface area contributed by atoms with E-state index in [-0.39, 0.29) is 24.3 Å². The van der Waals surface area contributed by atoms with Crippen LogP contribution in [0, 0.1) is 12.8 Å². The van der Waals surface area contributed by atoms with Gasteiger partial charge in [0, 0.05) is 12.1 Å². The number of nitrogens with one attached hydrogen (secondary N) is 1. The molecule has 5 nitrogen and oxygen atoms in total. The summed E-state index contributed by atoms with van der Waals surface area (Å²) in [6.45, 7) is 6.20. The normalized spacial score (nSPS) is 15.1. The number of unbranched alkanes of at least 4 members (excludes halogenated alkanes) is 3. The van der Waals surface area contributed by atoms with Gasteiger partial charge in [-0.25, -0.2) is 4.98 Å². The summed E-state index contributed by atoms with van der Waals surface area (Å²) in [6.07, 6.45) is 7.99. The lowest BCUT2D eigenvalue weighted by atomic mass is 9.96. The SMILES string of the molecule is CCCCCCC(CC)C(=O)N1CC(=O)Nc2c(C)ccnc21. The number of anilines is 2. The maximum Gasteiger partial charge on any atom is 0.244 e. The van der Waals surface area contributed by atoms with Crippen LogP contribution in [0.4, 0.5) is 11.5 Å². The van der Waals surface area contributed by atoms with Gasteiger partial charge in [-0.2, -0.15) is 0 Å². The van der Waals surface area contributed by atoms with Gasteiger partial charge in [-0.05, 0) is 31.4 Å². The van der Waals surface area contributed by atoms with Crippen LogP contribution in [-0.2, 0) is 9.59 Å². The van der Waals surface area contributed by atoms with Crippen LogP contribution in [0.5, 0.6) is 0 Å². The van der Waals surface area contributed by atoms with Gasteiger partial charge in [-0.15, -0.1) is 0 Å². The molecule has 1 aliphatic rings. The number of aromatic nitrogens is 1. The van der Waals surface area contributed by atoms with Gasteiger partial charge in [0.1, 0.15) is 6.54 Å². The molecule has 0 saturated carbocycles. The number of rotatable bonds is 7. The molecule has 0 saturated heterocycles. The molecule has 23 heavy (non-hydrogen) atoms. The average molecular weight is 317 g/mol. The van der Waals surface area contributed by atoms with E-state index >= 15 is 0 Å². The topological polar surface area (TPSA) is 62.3 Å². The molecule has 2 rings (SSSR count). The molecular formula is C18H27N3O2. The highest BCUT2D eigenvalue weighted by Crippen LogP contribution is 2.31. The summed E-state index contributed by atoms with van der Waals surface area (Å²) >= 11 is 0. The van der Waals surface area contributed by atoms with Crippen LogP contribution in [0.15, 0.2) is 12.3 Å². The van der Waals surface area contributed by atoms with Crippen molar-refractivity contribution in [1.82, 2.24) is 4.98 Å². The summed E-state index contributed by atoms with van der Waals surface area (Å²) in [5.41, 5.74) is 1.59. The molecule has 1 aromatic heterocycles. The summed E-state index contributed by atoms with van der Waals surface area (Å²) in [5, 5.41) is 2.83. The molecule has 0 bridgehead atoms. The first-order valence-corrected chi connectivity index (χ1v) is 8.65. The minimum atomic E-state index is -0.150. The monoisotopic (exact) mass is 317 g/mol. The number of fused-ring (bicyclic) bond motifs is 1. The van der Waals surface area contributed by atoms with Gasteiger partial charge in [0.05, 0.1) is 5.69 Å². The van der Waals surface area contributed by atoms with Gasteiger partial charge in [0.2, 0.25) is 11.8 Å². The maximum absolute atomic E-state index is 12.9. The molecule has 2 heterocycles. The van der Waals surface area contributed by atoms with Gasteiger partial charge in [-0.3, -0.25) is 14.5 Å². The summed E-state index contributed by atoms with van der Waals surface area (Å²) < 4.78 is 0. The number of nitrogens with zero attached hydrogens (tertiary/aromatic N) is 2. The molecule has 0 aromatic carbocycles. The minimum Gasteiger partial charge on any atom is -0.321 e. The van der Waals surface area contributed by atoms with Crippen LogP contribution in [0.3, 0.4) is 0 Å². The number of aryl methyl sites for hydroxylation is 1. The van der Waals surface area contributed by atoms with E-state index in [4.69, 9.17) is 0 Å². The van der Waals surface area contributed by atoms with E-state index in [1.807, 2.05) is 19.9 Å². The van der Waals surface area contributed by atoms with E-state index in [0.29, 0.717) is 11.5 Å². The van der Waals surface area contributed by atoms with Crippen molar-refractivity contribution in [3.8, 4) is 0 Å². The average Bonchev–Trinajstić information content (AvgIpc) is 2.55. The Labute approximate surface area is 138 Å².